The van der Waals surface area contributed by atoms with Gasteiger partial charge in [-0.3, -0.25) is 0 Å². The van der Waals surface area contributed by atoms with Gasteiger partial charge in [0.1, 0.15) is 0 Å². The zero-order chi connectivity index (χ0) is 13.1. The first-order valence-electron chi connectivity index (χ1n) is 6.91. The van der Waals surface area contributed by atoms with Crippen molar-refractivity contribution in [3.05, 3.63) is 28.2 Å². The summed E-state index contributed by atoms with van der Waals surface area (Å²) >= 11 is 3.59. The number of nitrogens with one attached hydrogen (secondary N) is 1. The Labute approximate surface area is 119 Å². The van der Waals surface area contributed by atoms with Crippen LogP contribution in [0.15, 0.2) is 22.7 Å². The van der Waals surface area contributed by atoms with E-state index in [4.69, 9.17) is 0 Å². The molecule has 2 nitrogen and oxygen atoms in total. The molecule has 1 aromatic rings. The molecule has 2 unspecified atom stereocenters. The highest BCUT2D eigenvalue weighted by atomic mass is 79.9. The van der Waals surface area contributed by atoms with Crippen molar-refractivity contribution in [1.82, 2.24) is 5.32 Å². The first kappa shape index (κ1) is 13.9. The summed E-state index contributed by atoms with van der Waals surface area (Å²) in [5.74, 6) is 0. The van der Waals surface area contributed by atoms with Gasteiger partial charge in [-0.05, 0) is 37.5 Å². The van der Waals surface area contributed by atoms with Crippen molar-refractivity contribution in [1.29, 1.82) is 0 Å². The number of anilines is 1. The lowest BCUT2D eigenvalue weighted by Gasteiger charge is -2.42. The first-order chi connectivity index (χ1) is 8.65. The highest BCUT2D eigenvalue weighted by Crippen LogP contribution is 2.28. The van der Waals surface area contributed by atoms with Crippen LogP contribution in [0, 0.1) is 6.92 Å². The number of rotatable bonds is 3. The van der Waals surface area contributed by atoms with Crippen molar-refractivity contribution < 1.29 is 0 Å². The summed E-state index contributed by atoms with van der Waals surface area (Å²) in [5.41, 5.74) is 2.75. The molecule has 1 fully saturated rings. The van der Waals surface area contributed by atoms with E-state index >= 15 is 0 Å². The second-order valence-corrected chi connectivity index (χ2v) is 6.07. The molecule has 0 spiro atoms. The molecule has 3 heteroatoms. The van der Waals surface area contributed by atoms with Gasteiger partial charge in [-0.15, -0.1) is 0 Å². The first-order valence-corrected chi connectivity index (χ1v) is 7.71. The quantitative estimate of drug-likeness (QED) is 0.915. The monoisotopic (exact) mass is 310 g/mol. The summed E-state index contributed by atoms with van der Waals surface area (Å²) in [5, 5.41) is 3.65. The third-order valence-corrected chi connectivity index (χ3v) is 4.44. The average Bonchev–Trinajstić information content (AvgIpc) is 2.40. The number of benzene rings is 1. The number of aryl methyl sites for hydroxylation is 1. The maximum Gasteiger partial charge on any atom is 0.0412 e. The molecular formula is C15H23BrN2. The molecule has 1 N–H and O–H groups in total. The van der Waals surface area contributed by atoms with Crippen molar-refractivity contribution >= 4 is 21.6 Å². The van der Waals surface area contributed by atoms with Crippen LogP contribution in [0.25, 0.3) is 0 Å². The Kier molecular flexibility index (Phi) is 4.68. The predicted octanol–water partition coefficient (Wildman–Crippen LogP) is 3.72. The lowest BCUT2D eigenvalue weighted by atomic mass is 10.0. The lowest BCUT2D eigenvalue weighted by Crippen LogP contribution is -2.56. The maximum absolute atomic E-state index is 3.65. The molecule has 0 radical (unpaired) electrons. The van der Waals surface area contributed by atoms with Gasteiger partial charge in [0.25, 0.3) is 0 Å². The zero-order valence-electron chi connectivity index (χ0n) is 11.5. The minimum absolute atomic E-state index is 0.612. The highest BCUT2D eigenvalue weighted by molar-refractivity contribution is 9.10. The minimum atomic E-state index is 0.612. The van der Waals surface area contributed by atoms with Crippen LogP contribution >= 0.6 is 15.9 Å². The normalized spacial score (nSPS) is 24.3. The molecule has 1 saturated heterocycles. The van der Waals surface area contributed by atoms with Crippen LogP contribution in [0.2, 0.25) is 0 Å². The van der Waals surface area contributed by atoms with Gasteiger partial charge >= 0.3 is 0 Å². The molecule has 100 valence electrons. The van der Waals surface area contributed by atoms with E-state index in [2.05, 4.69) is 65.1 Å². The molecule has 1 aliphatic heterocycles. The Morgan fingerprint density at radius 1 is 1.33 bits per heavy atom. The van der Waals surface area contributed by atoms with Crippen LogP contribution in [-0.4, -0.2) is 25.2 Å². The topological polar surface area (TPSA) is 15.3 Å². The SMILES string of the molecule is CCC1CN(c2cc(Br)ccc2C)C(CC)CN1. The van der Waals surface area contributed by atoms with E-state index in [9.17, 15) is 0 Å². The summed E-state index contributed by atoms with van der Waals surface area (Å²) < 4.78 is 1.17. The Hall–Kier alpha value is -0.540. The maximum atomic E-state index is 3.65. The Bertz CT molecular complexity index is 405. The average molecular weight is 311 g/mol. The van der Waals surface area contributed by atoms with Crippen molar-refractivity contribution in [2.75, 3.05) is 18.0 Å². The van der Waals surface area contributed by atoms with E-state index in [0.717, 1.165) is 13.1 Å². The summed E-state index contributed by atoms with van der Waals surface area (Å²) in [6.45, 7) is 8.96. The number of piperazine rings is 1. The largest absolute Gasteiger partial charge is 0.365 e. The van der Waals surface area contributed by atoms with Crippen LogP contribution in [0.1, 0.15) is 32.3 Å². The van der Waals surface area contributed by atoms with Gasteiger partial charge in [0.05, 0.1) is 0 Å². The molecule has 18 heavy (non-hydrogen) atoms. The van der Waals surface area contributed by atoms with Crippen molar-refractivity contribution in [3.63, 3.8) is 0 Å². The third-order valence-electron chi connectivity index (χ3n) is 3.94. The standard InChI is InChI=1S/C15H23BrN2/c1-4-13-10-18(14(5-2)9-17-13)15-8-12(16)7-6-11(15)3/h6-8,13-14,17H,4-5,9-10H2,1-3H3. The van der Waals surface area contributed by atoms with Gasteiger partial charge in [0.15, 0.2) is 0 Å². The number of halogens is 1. The van der Waals surface area contributed by atoms with Gasteiger partial charge in [-0.2, -0.15) is 0 Å². The minimum Gasteiger partial charge on any atom is -0.365 e. The molecule has 1 heterocycles. The molecule has 0 bridgehead atoms. The zero-order valence-corrected chi connectivity index (χ0v) is 13.1. The number of hydrogen-bond donors (Lipinski definition) is 1. The van der Waals surface area contributed by atoms with E-state index in [0.29, 0.717) is 12.1 Å². The Morgan fingerprint density at radius 3 is 2.78 bits per heavy atom. The van der Waals surface area contributed by atoms with E-state index in [-0.39, 0.29) is 0 Å². The second kappa shape index (κ2) is 6.07. The van der Waals surface area contributed by atoms with Gasteiger partial charge in [0.2, 0.25) is 0 Å². The molecule has 0 saturated carbocycles. The van der Waals surface area contributed by atoms with E-state index in [1.54, 1.807) is 0 Å². The van der Waals surface area contributed by atoms with Crippen LogP contribution in [0.4, 0.5) is 5.69 Å². The molecule has 0 aliphatic carbocycles. The van der Waals surface area contributed by atoms with Gasteiger partial charge < -0.3 is 10.2 Å². The Balaban J connectivity index is 2.29. The van der Waals surface area contributed by atoms with Crippen molar-refractivity contribution in [2.24, 2.45) is 0 Å². The van der Waals surface area contributed by atoms with Crippen molar-refractivity contribution in [2.45, 2.75) is 45.7 Å². The van der Waals surface area contributed by atoms with Crippen molar-refractivity contribution in [3.8, 4) is 0 Å². The number of hydrogen-bond acceptors (Lipinski definition) is 2. The van der Waals surface area contributed by atoms with E-state index in [1.165, 1.54) is 28.6 Å². The van der Waals surface area contributed by atoms with Gasteiger partial charge in [-0.25, -0.2) is 0 Å². The lowest BCUT2D eigenvalue weighted by molar-refractivity contribution is 0.378. The molecule has 0 amide bonds. The summed E-state index contributed by atoms with van der Waals surface area (Å²) in [7, 11) is 0. The molecule has 1 aliphatic rings. The predicted molar refractivity (Wildman–Crippen MR) is 82.4 cm³/mol. The van der Waals surface area contributed by atoms with Crippen LogP contribution in [0.5, 0.6) is 0 Å². The fourth-order valence-electron chi connectivity index (χ4n) is 2.69. The fourth-order valence-corrected chi connectivity index (χ4v) is 3.04. The van der Waals surface area contributed by atoms with Gasteiger partial charge in [-0.1, -0.05) is 35.8 Å². The molecule has 2 rings (SSSR count). The number of nitrogens with zero attached hydrogens (tertiary/aromatic N) is 1. The highest BCUT2D eigenvalue weighted by Gasteiger charge is 2.26. The summed E-state index contributed by atoms with van der Waals surface area (Å²) in [6, 6.07) is 7.82. The Morgan fingerprint density at radius 2 is 2.11 bits per heavy atom. The van der Waals surface area contributed by atoms with E-state index in [1.807, 2.05) is 0 Å². The summed E-state index contributed by atoms with van der Waals surface area (Å²) in [4.78, 5) is 2.59. The third kappa shape index (κ3) is 2.89. The van der Waals surface area contributed by atoms with Crippen LogP contribution in [-0.2, 0) is 0 Å². The van der Waals surface area contributed by atoms with Crippen LogP contribution < -0.4 is 10.2 Å². The van der Waals surface area contributed by atoms with Gasteiger partial charge in [0, 0.05) is 35.3 Å². The second-order valence-electron chi connectivity index (χ2n) is 5.16. The van der Waals surface area contributed by atoms with E-state index < -0.39 is 0 Å². The summed E-state index contributed by atoms with van der Waals surface area (Å²) in [6.07, 6.45) is 2.38. The fraction of sp³-hybridized carbons (Fsp3) is 0.600. The smallest absolute Gasteiger partial charge is 0.0412 e. The molecular weight excluding hydrogens is 288 g/mol. The molecule has 0 aromatic heterocycles. The molecule has 1 aromatic carbocycles. The molecule has 2 atom stereocenters. The van der Waals surface area contributed by atoms with Crippen LogP contribution in [0.3, 0.4) is 0 Å².